The topological polar surface area (TPSA) is 101 Å². The van der Waals surface area contributed by atoms with E-state index >= 15 is 0 Å². The van der Waals surface area contributed by atoms with Crippen LogP contribution in [0.3, 0.4) is 0 Å². The molecule has 1 aromatic heterocycles. The number of hydrogen-bond donors (Lipinski definition) is 2. The molecule has 2 aromatic rings. The molecule has 2 heterocycles. The Bertz CT molecular complexity index is 849. The zero-order valence-electron chi connectivity index (χ0n) is 15.8. The van der Waals surface area contributed by atoms with Crippen LogP contribution in [0, 0.1) is 12.8 Å². The second kappa shape index (κ2) is 8.60. The second-order valence-corrected chi connectivity index (χ2v) is 6.76. The molecule has 0 radical (unpaired) electrons. The molecule has 0 bridgehead atoms. The molecular formula is C20H23N3O5. The van der Waals surface area contributed by atoms with Crippen LogP contribution in [-0.2, 0) is 20.9 Å². The summed E-state index contributed by atoms with van der Waals surface area (Å²) in [5.41, 5.74) is 5.66. The second-order valence-electron chi connectivity index (χ2n) is 6.76. The van der Waals surface area contributed by atoms with Crippen molar-refractivity contribution < 1.29 is 23.5 Å². The standard InChI is InChI=1S/C20H23N3O5/c1-13-6-3-4-8-17(13)28-14(2)19(25)21-22-20(26)15-10-18(24)23(11-15)12-16-7-5-9-27-16/h3-9,14-15H,10-12H2,1-2H3,(H,21,25)(H,22,26). The molecule has 0 saturated carbocycles. The van der Waals surface area contributed by atoms with Crippen LogP contribution in [-0.4, -0.2) is 35.3 Å². The van der Waals surface area contributed by atoms with Crippen LogP contribution in [0.4, 0.5) is 0 Å². The van der Waals surface area contributed by atoms with Crippen molar-refractivity contribution in [1.29, 1.82) is 0 Å². The summed E-state index contributed by atoms with van der Waals surface area (Å²) in [6.45, 7) is 4.07. The van der Waals surface area contributed by atoms with Crippen LogP contribution in [0.25, 0.3) is 0 Å². The highest BCUT2D eigenvalue weighted by molar-refractivity contribution is 5.90. The summed E-state index contributed by atoms with van der Waals surface area (Å²) in [7, 11) is 0. The largest absolute Gasteiger partial charge is 0.481 e. The number of hydrazine groups is 1. The number of nitrogens with zero attached hydrogens (tertiary/aromatic N) is 1. The molecule has 1 saturated heterocycles. The van der Waals surface area contributed by atoms with Crippen LogP contribution >= 0.6 is 0 Å². The van der Waals surface area contributed by atoms with Crippen molar-refractivity contribution in [2.45, 2.75) is 32.9 Å². The number of rotatable bonds is 6. The Morgan fingerprint density at radius 2 is 2.04 bits per heavy atom. The maximum atomic E-state index is 12.3. The van der Waals surface area contributed by atoms with Crippen molar-refractivity contribution >= 4 is 17.7 Å². The molecular weight excluding hydrogens is 362 g/mol. The van der Waals surface area contributed by atoms with Gasteiger partial charge in [-0.15, -0.1) is 0 Å². The normalized spacial score (nSPS) is 17.3. The average molecular weight is 385 g/mol. The maximum Gasteiger partial charge on any atom is 0.279 e. The Kier molecular flexibility index (Phi) is 5.98. The number of carbonyl (C=O) groups excluding carboxylic acids is 3. The van der Waals surface area contributed by atoms with E-state index < -0.39 is 23.8 Å². The van der Waals surface area contributed by atoms with Gasteiger partial charge < -0.3 is 14.1 Å². The number of carbonyl (C=O) groups is 3. The van der Waals surface area contributed by atoms with Crippen LogP contribution in [0.15, 0.2) is 47.1 Å². The van der Waals surface area contributed by atoms with Crippen molar-refractivity contribution in [1.82, 2.24) is 15.8 Å². The SMILES string of the molecule is Cc1ccccc1OC(C)C(=O)NNC(=O)C1CC(=O)N(Cc2ccco2)C1. The highest BCUT2D eigenvalue weighted by Gasteiger charge is 2.35. The molecule has 0 spiro atoms. The van der Waals surface area contributed by atoms with Crippen LogP contribution in [0.5, 0.6) is 5.75 Å². The summed E-state index contributed by atoms with van der Waals surface area (Å²) in [6, 6.07) is 10.9. The fourth-order valence-electron chi connectivity index (χ4n) is 2.95. The minimum atomic E-state index is -0.790. The molecule has 1 aliphatic rings. The first-order valence-electron chi connectivity index (χ1n) is 9.06. The van der Waals surface area contributed by atoms with Gasteiger partial charge in [0.25, 0.3) is 5.91 Å². The highest BCUT2D eigenvalue weighted by atomic mass is 16.5. The lowest BCUT2D eigenvalue weighted by molar-refractivity contribution is -0.134. The predicted molar refractivity (Wildman–Crippen MR) is 99.8 cm³/mol. The third kappa shape index (κ3) is 4.70. The highest BCUT2D eigenvalue weighted by Crippen LogP contribution is 2.20. The lowest BCUT2D eigenvalue weighted by atomic mass is 10.1. The van der Waals surface area contributed by atoms with Crippen LogP contribution < -0.4 is 15.6 Å². The first-order chi connectivity index (χ1) is 13.4. The van der Waals surface area contributed by atoms with Crippen molar-refractivity contribution in [3.8, 4) is 5.75 Å². The number of furan rings is 1. The Labute approximate surface area is 162 Å². The lowest BCUT2D eigenvalue weighted by Gasteiger charge is -2.18. The molecule has 28 heavy (non-hydrogen) atoms. The van der Waals surface area contributed by atoms with Gasteiger partial charge in [0.05, 0.1) is 18.7 Å². The molecule has 0 aliphatic carbocycles. The molecule has 8 heteroatoms. The molecule has 1 aliphatic heterocycles. The molecule has 1 aromatic carbocycles. The van der Waals surface area contributed by atoms with E-state index in [9.17, 15) is 14.4 Å². The van der Waals surface area contributed by atoms with Gasteiger partial charge in [-0.3, -0.25) is 25.2 Å². The van der Waals surface area contributed by atoms with E-state index in [1.165, 1.54) is 6.26 Å². The lowest BCUT2D eigenvalue weighted by Crippen LogP contribution is -2.49. The summed E-state index contributed by atoms with van der Waals surface area (Å²) < 4.78 is 10.9. The van der Waals surface area contributed by atoms with Crippen molar-refractivity contribution in [3.05, 3.63) is 54.0 Å². The van der Waals surface area contributed by atoms with Gasteiger partial charge in [-0.25, -0.2) is 0 Å². The zero-order chi connectivity index (χ0) is 20.1. The van der Waals surface area contributed by atoms with Gasteiger partial charge in [0.2, 0.25) is 11.8 Å². The van der Waals surface area contributed by atoms with E-state index in [2.05, 4.69) is 10.9 Å². The summed E-state index contributed by atoms with van der Waals surface area (Å²) >= 11 is 0. The maximum absolute atomic E-state index is 12.3. The monoisotopic (exact) mass is 385 g/mol. The number of hydrogen-bond acceptors (Lipinski definition) is 5. The number of para-hydroxylation sites is 1. The third-order valence-electron chi connectivity index (χ3n) is 4.59. The number of ether oxygens (including phenoxy) is 1. The van der Waals surface area contributed by atoms with Gasteiger partial charge in [-0.05, 0) is 37.6 Å². The van der Waals surface area contributed by atoms with E-state index in [0.29, 0.717) is 18.1 Å². The van der Waals surface area contributed by atoms with Crippen LogP contribution in [0.1, 0.15) is 24.7 Å². The molecule has 1 fully saturated rings. The summed E-state index contributed by atoms with van der Waals surface area (Å²) in [4.78, 5) is 38.1. The number of nitrogens with one attached hydrogen (secondary N) is 2. The minimum absolute atomic E-state index is 0.0949. The van der Waals surface area contributed by atoms with E-state index in [4.69, 9.17) is 9.15 Å². The molecule has 3 amide bonds. The Balaban J connectivity index is 1.46. The molecule has 2 unspecified atom stereocenters. The molecule has 2 atom stereocenters. The van der Waals surface area contributed by atoms with Gasteiger partial charge in [-0.2, -0.15) is 0 Å². The van der Waals surface area contributed by atoms with E-state index in [-0.39, 0.29) is 18.9 Å². The van der Waals surface area contributed by atoms with Gasteiger partial charge >= 0.3 is 0 Å². The first kappa shape index (κ1) is 19.5. The Morgan fingerprint density at radius 3 is 2.75 bits per heavy atom. The average Bonchev–Trinajstić information content (AvgIpc) is 3.32. The fraction of sp³-hybridized carbons (Fsp3) is 0.350. The molecule has 3 rings (SSSR count). The van der Waals surface area contributed by atoms with Crippen molar-refractivity contribution in [2.75, 3.05) is 6.54 Å². The van der Waals surface area contributed by atoms with E-state index in [0.717, 1.165) is 5.56 Å². The number of amides is 3. The van der Waals surface area contributed by atoms with Gasteiger partial charge in [0, 0.05) is 13.0 Å². The Morgan fingerprint density at radius 1 is 1.25 bits per heavy atom. The fourth-order valence-corrected chi connectivity index (χ4v) is 2.95. The third-order valence-corrected chi connectivity index (χ3v) is 4.59. The van der Waals surface area contributed by atoms with Gasteiger partial charge in [0.15, 0.2) is 6.10 Å². The number of aryl methyl sites for hydroxylation is 1. The van der Waals surface area contributed by atoms with Gasteiger partial charge in [-0.1, -0.05) is 18.2 Å². The van der Waals surface area contributed by atoms with Crippen molar-refractivity contribution in [3.63, 3.8) is 0 Å². The molecule has 2 N–H and O–H groups in total. The van der Waals surface area contributed by atoms with E-state index in [1.807, 2.05) is 25.1 Å². The Hall–Kier alpha value is -3.29. The number of benzene rings is 1. The first-order valence-corrected chi connectivity index (χ1v) is 9.06. The summed E-state index contributed by atoms with van der Waals surface area (Å²) in [5.74, 6) is -0.286. The molecule has 148 valence electrons. The quantitative estimate of drug-likeness (QED) is 0.735. The van der Waals surface area contributed by atoms with Crippen LogP contribution in [0.2, 0.25) is 0 Å². The number of likely N-dealkylation sites (tertiary alicyclic amines) is 1. The zero-order valence-corrected chi connectivity index (χ0v) is 15.8. The van der Waals surface area contributed by atoms with Crippen molar-refractivity contribution in [2.24, 2.45) is 5.92 Å². The predicted octanol–water partition coefficient (Wildman–Crippen LogP) is 1.55. The van der Waals surface area contributed by atoms with Gasteiger partial charge in [0.1, 0.15) is 11.5 Å². The van der Waals surface area contributed by atoms with E-state index in [1.54, 1.807) is 30.0 Å². The molecule has 8 nitrogen and oxygen atoms in total. The summed E-state index contributed by atoms with van der Waals surface area (Å²) in [5, 5.41) is 0. The minimum Gasteiger partial charge on any atom is -0.481 e. The summed E-state index contributed by atoms with van der Waals surface area (Å²) in [6.07, 6.45) is 0.843. The smallest absolute Gasteiger partial charge is 0.279 e.